The van der Waals surface area contributed by atoms with Crippen molar-refractivity contribution >= 4 is 21.8 Å². The van der Waals surface area contributed by atoms with Crippen molar-refractivity contribution in [2.75, 3.05) is 31.3 Å². The molecule has 0 unspecified atom stereocenters. The molecule has 0 aromatic heterocycles. The fourth-order valence-electron chi connectivity index (χ4n) is 1.61. The highest BCUT2D eigenvalue weighted by Crippen LogP contribution is 2.21. The maximum atomic E-state index is 11.3. The summed E-state index contributed by atoms with van der Waals surface area (Å²) in [6.45, 7) is 4.11. The van der Waals surface area contributed by atoms with E-state index in [0.717, 1.165) is 31.8 Å². The number of nitrogens with one attached hydrogen (secondary N) is 1. The molecule has 1 aliphatic rings. The summed E-state index contributed by atoms with van der Waals surface area (Å²) in [6.07, 6.45) is 2.85. The van der Waals surface area contributed by atoms with E-state index in [1.165, 1.54) is 0 Å². The fraction of sp³-hybridized carbons (Fsp3) is 1.00. The summed E-state index contributed by atoms with van der Waals surface area (Å²) >= 11 is 1.85. The minimum absolute atomic E-state index is 0.231. The van der Waals surface area contributed by atoms with Crippen molar-refractivity contribution in [3.05, 3.63) is 0 Å². The summed E-state index contributed by atoms with van der Waals surface area (Å²) < 4.78 is 30.6. The van der Waals surface area contributed by atoms with E-state index in [4.69, 9.17) is 4.74 Å². The Morgan fingerprint density at radius 3 is 2.69 bits per heavy atom. The quantitative estimate of drug-likeness (QED) is 0.705. The lowest BCUT2D eigenvalue weighted by Crippen LogP contribution is -2.29. The molecule has 16 heavy (non-hydrogen) atoms. The van der Waals surface area contributed by atoms with Crippen molar-refractivity contribution in [1.29, 1.82) is 0 Å². The number of rotatable bonds is 7. The summed E-state index contributed by atoms with van der Waals surface area (Å²) in [7, 11) is -3.02. The van der Waals surface area contributed by atoms with Gasteiger partial charge in [0, 0.05) is 30.8 Å². The Bertz CT molecular complexity index is 274. The first-order chi connectivity index (χ1) is 7.64. The topological polar surface area (TPSA) is 55.4 Å². The number of ether oxygens (including phenoxy) is 1. The number of sulfonamides is 1. The average Bonchev–Trinajstić information content (AvgIpc) is 2.26. The Balaban J connectivity index is 2.06. The van der Waals surface area contributed by atoms with Crippen molar-refractivity contribution in [1.82, 2.24) is 4.72 Å². The molecule has 1 fully saturated rings. The molecular formula is C10H21NO3S2. The highest BCUT2D eigenvalue weighted by molar-refractivity contribution is 8.00. The van der Waals surface area contributed by atoms with Crippen LogP contribution in [0.5, 0.6) is 0 Å². The molecule has 6 heteroatoms. The summed E-state index contributed by atoms with van der Waals surface area (Å²) in [5, 5.41) is 0.643. The van der Waals surface area contributed by atoms with Crippen molar-refractivity contribution in [2.24, 2.45) is 0 Å². The van der Waals surface area contributed by atoms with Crippen LogP contribution in [0.25, 0.3) is 0 Å². The second-order valence-corrected chi connectivity index (χ2v) is 7.23. The van der Waals surface area contributed by atoms with Crippen LogP contribution in [-0.4, -0.2) is 44.9 Å². The first kappa shape index (κ1) is 14.3. The third kappa shape index (κ3) is 6.08. The van der Waals surface area contributed by atoms with Crippen molar-refractivity contribution in [3.63, 3.8) is 0 Å². The van der Waals surface area contributed by atoms with Crippen LogP contribution in [0.4, 0.5) is 0 Å². The van der Waals surface area contributed by atoms with Crippen LogP contribution >= 0.6 is 11.8 Å². The van der Waals surface area contributed by atoms with Gasteiger partial charge in [-0.1, -0.05) is 6.92 Å². The van der Waals surface area contributed by atoms with Crippen LogP contribution in [0.2, 0.25) is 0 Å². The molecule has 1 saturated heterocycles. The molecule has 1 aliphatic heterocycles. The van der Waals surface area contributed by atoms with Gasteiger partial charge in [0.05, 0.1) is 5.75 Å². The monoisotopic (exact) mass is 267 g/mol. The highest BCUT2D eigenvalue weighted by Gasteiger charge is 2.14. The third-order valence-corrected chi connectivity index (χ3v) is 5.39. The molecule has 4 nitrogen and oxygen atoms in total. The second kappa shape index (κ2) is 7.53. The zero-order valence-corrected chi connectivity index (χ0v) is 11.4. The fourth-order valence-corrected chi connectivity index (χ4v) is 3.91. The SMILES string of the molecule is CCCS(=O)(=O)NCCSC1CCOCC1. The molecule has 0 saturated carbocycles. The van der Waals surface area contributed by atoms with E-state index in [1.54, 1.807) is 0 Å². The largest absolute Gasteiger partial charge is 0.381 e. The summed E-state index contributed by atoms with van der Waals surface area (Å²) in [4.78, 5) is 0. The van der Waals surface area contributed by atoms with Gasteiger partial charge < -0.3 is 4.74 Å². The van der Waals surface area contributed by atoms with E-state index in [9.17, 15) is 8.42 Å². The van der Waals surface area contributed by atoms with Crippen LogP contribution in [0.3, 0.4) is 0 Å². The molecule has 0 atom stereocenters. The Kier molecular flexibility index (Phi) is 6.72. The van der Waals surface area contributed by atoms with Crippen LogP contribution < -0.4 is 4.72 Å². The number of hydrogen-bond acceptors (Lipinski definition) is 4. The molecule has 0 aromatic rings. The maximum absolute atomic E-state index is 11.3. The standard InChI is InChI=1S/C10H21NO3S2/c1-2-9-16(12,13)11-5-8-15-10-3-6-14-7-4-10/h10-11H,2-9H2,1H3. The van der Waals surface area contributed by atoms with Gasteiger partial charge in [-0.25, -0.2) is 13.1 Å². The van der Waals surface area contributed by atoms with Crippen LogP contribution in [0, 0.1) is 0 Å². The molecule has 0 aromatic carbocycles. The van der Waals surface area contributed by atoms with Gasteiger partial charge >= 0.3 is 0 Å². The van der Waals surface area contributed by atoms with Gasteiger partial charge in [0.15, 0.2) is 0 Å². The molecule has 0 bridgehead atoms. The smallest absolute Gasteiger partial charge is 0.211 e. The molecule has 0 radical (unpaired) electrons. The number of thioether (sulfide) groups is 1. The molecule has 96 valence electrons. The van der Waals surface area contributed by atoms with E-state index in [-0.39, 0.29) is 5.75 Å². The number of hydrogen-bond donors (Lipinski definition) is 1. The Morgan fingerprint density at radius 1 is 1.38 bits per heavy atom. The average molecular weight is 267 g/mol. The molecule has 1 N–H and O–H groups in total. The first-order valence-corrected chi connectivity index (χ1v) is 8.51. The predicted molar refractivity (Wildman–Crippen MR) is 68.4 cm³/mol. The Labute approximate surface area is 103 Å². The zero-order chi connectivity index (χ0) is 11.9. The molecular weight excluding hydrogens is 246 g/mol. The minimum Gasteiger partial charge on any atom is -0.381 e. The van der Waals surface area contributed by atoms with E-state index in [2.05, 4.69) is 4.72 Å². The van der Waals surface area contributed by atoms with Crippen LogP contribution in [-0.2, 0) is 14.8 Å². The van der Waals surface area contributed by atoms with Gasteiger partial charge in [-0.3, -0.25) is 0 Å². The van der Waals surface area contributed by atoms with E-state index >= 15 is 0 Å². The van der Waals surface area contributed by atoms with Gasteiger partial charge in [0.2, 0.25) is 10.0 Å². The van der Waals surface area contributed by atoms with Gasteiger partial charge in [0.25, 0.3) is 0 Å². The van der Waals surface area contributed by atoms with Crippen LogP contribution in [0.1, 0.15) is 26.2 Å². The normalized spacial score (nSPS) is 18.8. The lowest BCUT2D eigenvalue weighted by molar-refractivity contribution is 0.100. The van der Waals surface area contributed by atoms with Gasteiger partial charge in [0.1, 0.15) is 0 Å². The van der Waals surface area contributed by atoms with E-state index in [0.29, 0.717) is 18.2 Å². The summed E-state index contributed by atoms with van der Waals surface area (Å²) in [5.74, 6) is 1.09. The molecule has 1 rings (SSSR count). The lowest BCUT2D eigenvalue weighted by Gasteiger charge is -2.21. The van der Waals surface area contributed by atoms with Crippen molar-refractivity contribution in [3.8, 4) is 0 Å². The molecule has 0 amide bonds. The Hall–Kier alpha value is 0.220. The Morgan fingerprint density at radius 2 is 2.06 bits per heavy atom. The minimum atomic E-state index is -3.02. The van der Waals surface area contributed by atoms with E-state index in [1.807, 2.05) is 18.7 Å². The van der Waals surface area contributed by atoms with Gasteiger partial charge in [-0.2, -0.15) is 11.8 Å². The van der Waals surface area contributed by atoms with Gasteiger partial charge in [-0.05, 0) is 19.3 Å². The van der Waals surface area contributed by atoms with E-state index < -0.39 is 10.0 Å². The van der Waals surface area contributed by atoms with Crippen molar-refractivity contribution in [2.45, 2.75) is 31.4 Å². The molecule has 0 spiro atoms. The molecule has 0 aliphatic carbocycles. The second-order valence-electron chi connectivity index (χ2n) is 3.90. The van der Waals surface area contributed by atoms with Crippen LogP contribution in [0.15, 0.2) is 0 Å². The summed E-state index contributed by atoms with van der Waals surface area (Å²) in [5.41, 5.74) is 0. The highest BCUT2D eigenvalue weighted by atomic mass is 32.2. The third-order valence-electron chi connectivity index (χ3n) is 2.42. The predicted octanol–water partition coefficient (Wildman–Crippen LogP) is 1.23. The zero-order valence-electron chi connectivity index (χ0n) is 9.78. The molecule has 1 heterocycles. The van der Waals surface area contributed by atoms with Gasteiger partial charge in [-0.15, -0.1) is 0 Å². The lowest BCUT2D eigenvalue weighted by atomic mass is 10.2. The van der Waals surface area contributed by atoms with Crippen molar-refractivity contribution < 1.29 is 13.2 Å². The first-order valence-electron chi connectivity index (χ1n) is 5.81. The maximum Gasteiger partial charge on any atom is 0.211 e. The summed E-state index contributed by atoms with van der Waals surface area (Å²) in [6, 6.07) is 0.